The molecule has 2 atom stereocenters. The molecule has 7 aromatic carbocycles. The van der Waals surface area contributed by atoms with E-state index >= 15 is 0 Å². The first kappa shape index (κ1) is 14.9. The van der Waals surface area contributed by atoms with Crippen LogP contribution in [0.5, 0.6) is 5.75 Å². The van der Waals surface area contributed by atoms with Crippen molar-refractivity contribution >= 4 is 43.3 Å². The average Bonchev–Trinajstić information content (AvgIpc) is 3.84. The number of hydrogen-bond donors (Lipinski definition) is 0. The first-order valence-corrected chi connectivity index (χ1v) is 14.7. The lowest BCUT2D eigenvalue weighted by Crippen LogP contribution is -2.15. The Morgan fingerprint density at radius 2 is 1.22 bits per heavy atom. The number of fused-ring (bicyclic) bond motifs is 8. The van der Waals surface area contributed by atoms with E-state index in [4.69, 9.17) is 22.9 Å². The fraction of sp³-hybridized carbons (Fsp3) is 0.0455. The van der Waals surface area contributed by atoms with Gasteiger partial charge in [0.2, 0.25) is 0 Å². The lowest BCUT2D eigenvalue weighted by Gasteiger charge is -2.18. The van der Waals surface area contributed by atoms with Gasteiger partial charge >= 0.3 is 0 Å². The number of allylic oxidation sites excluding steroid dienone is 2. The van der Waals surface area contributed by atoms with Crippen molar-refractivity contribution in [3.63, 3.8) is 0 Å². The summed E-state index contributed by atoms with van der Waals surface area (Å²) in [6.45, 7) is 0. The monoisotopic (exact) mass is 603 g/mol. The van der Waals surface area contributed by atoms with Crippen molar-refractivity contribution in [2.45, 2.75) is 12.0 Å². The van der Waals surface area contributed by atoms with Crippen molar-refractivity contribution in [1.82, 2.24) is 0 Å². The zero-order valence-corrected chi connectivity index (χ0v) is 23.8. The van der Waals surface area contributed by atoms with Crippen LogP contribution in [0.3, 0.4) is 0 Å². The van der Waals surface area contributed by atoms with Crippen LogP contribution in [0.15, 0.2) is 162 Å². The van der Waals surface area contributed by atoms with E-state index in [0.717, 1.165) is 5.56 Å². The van der Waals surface area contributed by atoms with E-state index in [9.17, 15) is 6.85 Å². The number of furan rings is 1. The molecule has 2 heterocycles. The highest BCUT2D eigenvalue weighted by atomic mass is 16.5. The molecule has 0 N–H and O–H groups in total. The van der Waals surface area contributed by atoms with Crippen LogP contribution < -0.4 is 4.74 Å². The van der Waals surface area contributed by atoms with Crippen LogP contribution >= 0.6 is 0 Å². The Labute approximate surface area is 287 Å². The Morgan fingerprint density at radius 3 is 1.98 bits per heavy atom. The Bertz CT molecular complexity index is 3320. The number of rotatable bonds is 3. The summed E-state index contributed by atoms with van der Waals surface area (Å²) in [5.74, 6) is 0.361. The minimum absolute atomic E-state index is 0.0173. The van der Waals surface area contributed by atoms with Gasteiger partial charge < -0.3 is 9.15 Å². The van der Waals surface area contributed by atoms with Gasteiger partial charge in [-0.25, -0.2) is 0 Å². The van der Waals surface area contributed by atoms with Crippen molar-refractivity contribution in [2.75, 3.05) is 0 Å². The second-order valence-electron chi connectivity index (χ2n) is 11.2. The molecule has 46 heavy (non-hydrogen) atoms. The predicted octanol–water partition coefficient (Wildman–Crippen LogP) is 11.9. The number of benzene rings is 7. The van der Waals surface area contributed by atoms with E-state index in [-0.39, 0.29) is 44.9 Å². The van der Waals surface area contributed by atoms with Gasteiger partial charge in [-0.2, -0.15) is 0 Å². The second kappa shape index (κ2) is 9.82. The van der Waals surface area contributed by atoms with Gasteiger partial charge in [0.15, 0.2) is 0 Å². The summed E-state index contributed by atoms with van der Waals surface area (Å²) >= 11 is 0. The summed E-state index contributed by atoms with van der Waals surface area (Å²) < 4.78 is 149. The summed E-state index contributed by atoms with van der Waals surface area (Å²) in [7, 11) is 0. The molecule has 0 radical (unpaired) electrons. The molecule has 0 spiro atoms. The SMILES string of the molecule is [2H]c1c([2H])c([2H])c2c(-c3c4c([2H])c([2H])c([2H])c([2H])c4c(-c4oc5ccc6c(c5c4-c4ccccc4)OC4C=CC=CC64)c4c([2H])c([2H])c([2H])c([2H])c34)c([2H])c([2H])c([2H])c2c1[2H]. The van der Waals surface area contributed by atoms with Crippen LogP contribution in [-0.2, 0) is 0 Å². The summed E-state index contributed by atoms with van der Waals surface area (Å²) in [6.07, 6.45) is 7.45. The quantitative estimate of drug-likeness (QED) is 0.187. The molecule has 0 amide bonds. The molecule has 10 rings (SSSR count). The molecule has 1 aliphatic heterocycles. The van der Waals surface area contributed by atoms with Gasteiger partial charge in [0.1, 0.15) is 23.2 Å². The van der Waals surface area contributed by atoms with E-state index in [1.165, 1.54) is 0 Å². The number of hydrogen-bond acceptors (Lipinski definition) is 2. The zero-order valence-electron chi connectivity index (χ0n) is 38.8. The molecular formula is C44H28O2. The predicted molar refractivity (Wildman–Crippen MR) is 190 cm³/mol. The molecule has 216 valence electrons. The van der Waals surface area contributed by atoms with Gasteiger partial charge in [0.25, 0.3) is 0 Å². The van der Waals surface area contributed by atoms with Crippen LogP contribution in [0.4, 0.5) is 0 Å². The van der Waals surface area contributed by atoms with Crippen molar-refractivity contribution in [1.29, 1.82) is 0 Å². The first-order valence-electron chi connectivity index (χ1n) is 22.2. The average molecular weight is 604 g/mol. The highest BCUT2D eigenvalue weighted by Crippen LogP contribution is 2.54. The Kier molecular flexibility index (Phi) is 3.19. The van der Waals surface area contributed by atoms with Crippen molar-refractivity contribution in [3.8, 4) is 39.3 Å². The van der Waals surface area contributed by atoms with E-state index < -0.39 is 113 Å². The van der Waals surface area contributed by atoms with Gasteiger partial charge in [-0.3, -0.25) is 0 Å². The van der Waals surface area contributed by atoms with Crippen LogP contribution in [0, 0.1) is 0 Å². The molecule has 2 heteroatoms. The normalized spacial score (nSPS) is 21.3. The Balaban J connectivity index is 1.52. The second-order valence-corrected chi connectivity index (χ2v) is 11.2. The lowest BCUT2D eigenvalue weighted by atomic mass is 9.84. The highest BCUT2D eigenvalue weighted by Gasteiger charge is 2.36. The van der Waals surface area contributed by atoms with Gasteiger partial charge in [0.05, 0.1) is 25.9 Å². The van der Waals surface area contributed by atoms with Gasteiger partial charge in [0, 0.05) is 22.6 Å². The summed E-state index contributed by atoms with van der Waals surface area (Å²) in [6, 6.07) is 1.99. The Hall–Kier alpha value is -5.86. The maximum Gasteiger partial charge on any atom is 0.144 e. The number of ether oxygens (including phenoxy) is 1. The maximum absolute atomic E-state index is 9.54. The minimum Gasteiger partial charge on any atom is -0.484 e. The first-order chi connectivity index (χ1) is 29.1. The van der Waals surface area contributed by atoms with E-state index in [0.29, 0.717) is 27.8 Å². The smallest absolute Gasteiger partial charge is 0.144 e. The highest BCUT2D eigenvalue weighted by molar-refractivity contribution is 6.25. The third kappa shape index (κ3) is 3.59. The van der Waals surface area contributed by atoms with Gasteiger partial charge in [-0.15, -0.1) is 0 Å². The van der Waals surface area contributed by atoms with E-state index in [1.54, 1.807) is 18.2 Å². The molecule has 2 unspecified atom stereocenters. The maximum atomic E-state index is 9.54. The third-order valence-electron chi connectivity index (χ3n) is 8.76. The fourth-order valence-electron chi connectivity index (χ4n) is 6.84. The Morgan fingerprint density at radius 1 is 0.565 bits per heavy atom. The van der Waals surface area contributed by atoms with Crippen LogP contribution in [0.1, 0.15) is 32.0 Å². The van der Waals surface area contributed by atoms with Crippen molar-refractivity contribution in [3.05, 3.63) is 163 Å². The van der Waals surface area contributed by atoms with Crippen molar-refractivity contribution < 1.29 is 29.7 Å². The van der Waals surface area contributed by atoms with Gasteiger partial charge in [-0.05, 0) is 61.2 Å². The zero-order chi connectivity index (χ0) is 43.2. The topological polar surface area (TPSA) is 22.4 Å². The van der Waals surface area contributed by atoms with Crippen LogP contribution in [0.2, 0.25) is 0 Å². The molecule has 1 aromatic heterocycles. The van der Waals surface area contributed by atoms with E-state index in [2.05, 4.69) is 0 Å². The largest absolute Gasteiger partial charge is 0.484 e. The molecule has 2 nitrogen and oxygen atoms in total. The molecule has 8 aromatic rings. The summed E-state index contributed by atoms with van der Waals surface area (Å²) in [5.41, 5.74) is 1.16. The van der Waals surface area contributed by atoms with Crippen LogP contribution in [-0.4, -0.2) is 6.10 Å². The molecule has 0 bridgehead atoms. The summed E-state index contributed by atoms with van der Waals surface area (Å²) in [4.78, 5) is 0. The van der Waals surface area contributed by atoms with E-state index in [1.807, 2.05) is 48.6 Å². The summed E-state index contributed by atoms with van der Waals surface area (Å²) in [5, 5.41) is -1.64. The minimum atomic E-state index is -0.776. The molecule has 0 saturated carbocycles. The molecule has 2 aliphatic rings. The molecule has 1 aliphatic carbocycles. The van der Waals surface area contributed by atoms with Gasteiger partial charge in [-0.1, -0.05) is 145 Å². The standard InChI is InChI=1S/C44H28O2/c1-2-14-28(15-3-1)39-42-38(26-25-36-30-18-10-11-24-37(30)45-43(36)42)46-44(39)41-34-21-8-6-19-32(34)40(33-20-7-9-22-35(33)41)31-23-12-16-27-13-4-5-17-29(27)31/h1-26,30,37H/i4D,5D,6D,7D,8D,9D,12D,13D,16D,17D,19D,20D,21D,22D,23D. The third-order valence-corrected chi connectivity index (χ3v) is 8.76. The molecule has 0 fully saturated rings. The lowest BCUT2D eigenvalue weighted by molar-refractivity contribution is 0.271. The van der Waals surface area contributed by atoms with Crippen LogP contribution in [0.25, 0.3) is 76.9 Å². The molecular weight excluding hydrogens is 560 g/mol. The fourth-order valence-corrected chi connectivity index (χ4v) is 6.84. The molecule has 0 saturated heterocycles. The van der Waals surface area contributed by atoms with Crippen molar-refractivity contribution in [2.24, 2.45) is 0 Å².